The molecule has 0 spiro atoms. The first-order valence-electron chi connectivity index (χ1n) is 10.1. The second-order valence-corrected chi connectivity index (χ2v) is 7.71. The van der Waals surface area contributed by atoms with E-state index >= 15 is 0 Å². The second kappa shape index (κ2) is 8.38. The van der Waals surface area contributed by atoms with Gasteiger partial charge in [-0.25, -0.2) is 8.96 Å². The molecule has 0 radical (unpaired) electrons. The molecule has 0 unspecified atom stereocenters. The number of rotatable bonds is 4. The van der Waals surface area contributed by atoms with Crippen LogP contribution in [-0.4, -0.2) is 4.57 Å². The summed E-state index contributed by atoms with van der Waals surface area (Å²) in [4.78, 5) is 0. The number of para-hydroxylation sites is 1. The van der Waals surface area contributed by atoms with Crippen LogP contribution in [0.1, 0.15) is 35.2 Å². The van der Waals surface area contributed by atoms with Crippen LogP contribution in [0.4, 0.5) is 4.39 Å². The zero-order chi connectivity index (χ0) is 18.9. The van der Waals surface area contributed by atoms with Gasteiger partial charge in [-0.3, -0.25) is 0 Å². The van der Waals surface area contributed by atoms with Gasteiger partial charge >= 0.3 is 0 Å². The summed E-state index contributed by atoms with van der Waals surface area (Å²) in [7, 11) is 0. The smallest absolute Gasteiger partial charge is 0.176 e. The highest BCUT2D eigenvalue weighted by Gasteiger charge is 2.19. The molecule has 0 saturated carbocycles. The fraction of sp³-hybridized carbons (Fsp3) is 0.240. The van der Waals surface area contributed by atoms with Crippen LogP contribution in [0.3, 0.4) is 0 Å². The van der Waals surface area contributed by atoms with Crippen LogP contribution < -0.4 is 17.0 Å². The number of aromatic nitrogens is 2. The summed E-state index contributed by atoms with van der Waals surface area (Å²) in [5.41, 5.74) is 6.39. The van der Waals surface area contributed by atoms with E-state index in [0.29, 0.717) is 12.1 Å². The lowest BCUT2D eigenvalue weighted by Gasteiger charge is -2.16. The Morgan fingerprint density at radius 1 is 0.862 bits per heavy atom. The van der Waals surface area contributed by atoms with Crippen LogP contribution in [0.25, 0.3) is 10.9 Å². The van der Waals surface area contributed by atoms with E-state index < -0.39 is 0 Å². The maximum absolute atomic E-state index is 13.9. The summed E-state index contributed by atoms with van der Waals surface area (Å²) in [6, 6.07) is 20.1. The van der Waals surface area contributed by atoms with Crippen LogP contribution >= 0.6 is 0 Å². The van der Waals surface area contributed by atoms with E-state index in [1.54, 1.807) is 11.6 Å². The maximum Gasteiger partial charge on any atom is 0.176 e. The Balaban J connectivity index is 0.00000205. The lowest BCUT2D eigenvalue weighted by atomic mass is 9.95. The molecular weight excluding hydrogens is 383 g/mol. The Hall–Kier alpha value is -2.65. The van der Waals surface area contributed by atoms with Crippen molar-refractivity contribution >= 4 is 10.9 Å². The molecule has 0 N–H and O–H groups in total. The highest BCUT2D eigenvalue weighted by Crippen LogP contribution is 2.32. The highest BCUT2D eigenvalue weighted by atomic mass is 35.5. The molecule has 2 aromatic heterocycles. The first-order chi connectivity index (χ1) is 13.8. The van der Waals surface area contributed by atoms with Gasteiger partial charge in [0.1, 0.15) is 5.82 Å². The van der Waals surface area contributed by atoms with Gasteiger partial charge in [0.25, 0.3) is 0 Å². The predicted molar refractivity (Wildman–Crippen MR) is 110 cm³/mol. The van der Waals surface area contributed by atoms with Gasteiger partial charge in [0.15, 0.2) is 18.9 Å². The Bertz CT molecular complexity index is 1130. The zero-order valence-electron chi connectivity index (χ0n) is 16.3. The number of hydrogen-bond donors (Lipinski definition) is 0. The van der Waals surface area contributed by atoms with Crippen LogP contribution in [0.2, 0.25) is 0 Å². The highest BCUT2D eigenvalue weighted by molar-refractivity contribution is 5.86. The zero-order valence-corrected chi connectivity index (χ0v) is 17.1. The van der Waals surface area contributed by atoms with Gasteiger partial charge in [-0.15, -0.1) is 0 Å². The molecule has 0 atom stereocenters. The molecule has 0 saturated heterocycles. The second-order valence-electron chi connectivity index (χ2n) is 7.71. The van der Waals surface area contributed by atoms with Crippen molar-refractivity contribution in [1.82, 2.24) is 4.57 Å². The fourth-order valence-electron chi connectivity index (χ4n) is 4.47. The third-order valence-electron chi connectivity index (χ3n) is 5.90. The minimum Gasteiger partial charge on any atom is -1.00 e. The monoisotopic (exact) mass is 406 g/mol. The molecule has 148 valence electrons. The van der Waals surface area contributed by atoms with Crippen molar-refractivity contribution in [2.75, 3.05) is 0 Å². The first-order valence-corrected chi connectivity index (χ1v) is 10.1. The van der Waals surface area contributed by atoms with Crippen LogP contribution in [-0.2, 0) is 25.9 Å². The molecular formula is C25H24ClFN2. The topological polar surface area (TPSA) is 8.81 Å². The Kier molecular flexibility index (Phi) is 5.68. The standard InChI is InChI=1S/C25H24FN2.ClH/c26-23-10-4-1-7-20(23)18-27-15-13-19(14-16-27)17-28-24-11-5-2-8-21(24)22-9-3-6-12-25(22)28;/h1-2,4-5,7-8,10-11,13-16H,3,6,9,12,17-18H2;1H/q+1;/p-1. The summed E-state index contributed by atoms with van der Waals surface area (Å²) in [5.74, 6) is -0.149. The van der Waals surface area contributed by atoms with E-state index in [2.05, 4.69) is 53.4 Å². The number of hydrogen-bond acceptors (Lipinski definition) is 0. The number of aryl methyl sites for hydroxylation is 1. The van der Waals surface area contributed by atoms with Crippen molar-refractivity contribution in [3.8, 4) is 0 Å². The molecule has 0 amide bonds. The largest absolute Gasteiger partial charge is 1.00 e. The molecule has 2 nitrogen and oxygen atoms in total. The number of benzene rings is 2. The van der Waals surface area contributed by atoms with Crippen LogP contribution in [0.15, 0.2) is 73.1 Å². The average Bonchev–Trinajstić information content (AvgIpc) is 3.05. The summed E-state index contributed by atoms with van der Waals surface area (Å²) >= 11 is 0. The molecule has 2 heterocycles. The third-order valence-corrected chi connectivity index (χ3v) is 5.90. The van der Waals surface area contributed by atoms with E-state index in [4.69, 9.17) is 0 Å². The predicted octanol–water partition coefficient (Wildman–Crippen LogP) is 2.05. The van der Waals surface area contributed by atoms with E-state index in [-0.39, 0.29) is 18.2 Å². The van der Waals surface area contributed by atoms with Crippen LogP contribution in [0, 0.1) is 5.82 Å². The fourth-order valence-corrected chi connectivity index (χ4v) is 4.47. The van der Waals surface area contributed by atoms with E-state index in [1.165, 1.54) is 53.9 Å². The van der Waals surface area contributed by atoms with Gasteiger partial charge in [-0.05, 0) is 55.0 Å². The molecule has 0 bridgehead atoms. The van der Waals surface area contributed by atoms with E-state index in [0.717, 1.165) is 6.54 Å². The number of pyridine rings is 1. The first kappa shape index (κ1) is 19.7. The van der Waals surface area contributed by atoms with Gasteiger partial charge in [0, 0.05) is 35.3 Å². The molecule has 4 aromatic rings. The van der Waals surface area contributed by atoms with Crippen molar-refractivity contribution in [2.24, 2.45) is 0 Å². The number of halogens is 2. The summed E-state index contributed by atoms with van der Waals surface area (Å²) in [6.07, 6.45) is 9.05. The lowest BCUT2D eigenvalue weighted by molar-refractivity contribution is -0.688. The minimum atomic E-state index is -0.149. The summed E-state index contributed by atoms with van der Waals surface area (Å²) in [6.45, 7) is 1.44. The lowest BCUT2D eigenvalue weighted by Crippen LogP contribution is -3.00. The van der Waals surface area contributed by atoms with Crippen LogP contribution in [0.5, 0.6) is 0 Å². The molecule has 1 aliphatic rings. The summed E-state index contributed by atoms with van der Waals surface area (Å²) in [5, 5.41) is 1.42. The van der Waals surface area contributed by atoms with Gasteiger partial charge in [0.05, 0.1) is 5.56 Å². The molecule has 5 rings (SSSR count). The molecule has 1 aliphatic carbocycles. The van der Waals surface area contributed by atoms with E-state index in [1.807, 2.05) is 16.7 Å². The van der Waals surface area contributed by atoms with Crippen molar-refractivity contribution in [1.29, 1.82) is 0 Å². The van der Waals surface area contributed by atoms with Crippen molar-refractivity contribution in [2.45, 2.75) is 38.8 Å². The number of fused-ring (bicyclic) bond motifs is 3. The summed E-state index contributed by atoms with van der Waals surface area (Å²) < 4.78 is 18.4. The minimum absolute atomic E-state index is 0. The average molecular weight is 407 g/mol. The molecule has 0 aliphatic heterocycles. The van der Waals surface area contributed by atoms with Gasteiger partial charge in [-0.1, -0.05) is 30.3 Å². The van der Waals surface area contributed by atoms with Gasteiger partial charge < -0.3 is 17.0 Å². The Morgan fingerprint density at radius 3 is 2.41 bits per heavy atom. The normalized spacial score (nSPS) is 13.1. The molecule has 29 heavy (non-hydrogen) atoms. The maximum atomic E-state index is 13.9. The molecule has 2 aromatic carbocycles. The van der Waals surface area contributed by atoms with Crippen molar-refractivity contribution < 1.29 is 21.4 Å². The van der Waals surface area contributed by atoms with Gasteiger partial charge in [-0.2, -0.15) is 0 Å². The SMILES string of the molecule is Fc1ccccc1C[n+]1ccc(Cn2c3c(c4ccccc42)CCCC3)cc1.[Cl-]. The molecule has 0 fully saturated rings. The third kappa shape index (κ3) is 3.79. The quantitative estimate of drug-likeness (QED) is 0.459. The Labute approximate surface area is 177 Å². The number of nitrogens with zero attached hydrogens (tertiary/aromatic N) is 2. The van der Waals surface area contributed by atoms with Crippen molar-refractivity contribution in [3.63, 3.8) is 0 Å². The van der Waals surface area contributed by atoms with Gasteiger partial charge in [0.2, 0.25) is 0 Å². The van der Waals surface area contributed by atoms with Crippen molar-refractivity contribution in [3.05, 3.63) is 101 Å². The molecule has 4 heteroatoms. The van der Waals surface area contributed by atoms with E-state index in [9.17, 15) is 4.39 Å². The Morgan fingerprint density at radius 2 is 1.59 bits per heavy atom.